The lowest BCUT2D eigenvalue weighted by Crippen LogP contribution is -2.18. The van der Waals surface area contributed by atoms with Gasteiger partial charge in [-0.15, -0.1) is 0 Å². The maximum absolute atomic E-state index is 12.7. The number of non-ortho nitro benzene ring substituents is 1. The zero-order valence-electron chi connectivity index (χ0n) is 13.8. The molecular weight excluding hydrogens is 348 g/mol. The fourth-order valence-electron chi connectivity index (χ4n) is 2.92. The lowest BCUT2D eigenvalue weighted by Gasteiger charge is -2.08. The summed E-state index contributed by atoms with van der Waals surface area (Å²) in [7, 11) is 0. The lowest BCUT2D eigenvalue weighted by atomic mass is 10.0. The second-order valence-corrected chi connectivity index (χ2v) is 5.91. The van der Waals surface area contributed by atoms with E-state index in [4.69, 9.17) is 4.42 Å². The molecule has 0 saturated heterocycles. The van der Waals surface area contributed by atoms with E-state index in [1.807, 2.05) is 30.3 Å². The van der Waals surface area contributed by atoms with Crippen molar-refractivity contribution in [2.45, 2.75) is 0 Å². The average Bonchev–Trinajstić information content (AvgIpc) is 2.67. The van der Waals surface area contributed by atoms with E-state index in [0.717, 1.165) is 10.8 Å². The quantitative estimate of drug-likeness (QED) is 0.336. The first-order valence-electron chi connectivity index (χ1n) is 8.04. The molecule has 0 saturated carbocycles. The van der Waals surface area contributed by atoms with Crippen LogP contribution in [0.25, 0.3) is 21.7 Å². The SMILES string of the molecule is O=C(Nc1cc2cc([N+](=O)[O-])ccc2oc1=O)c1cccc2ccccc12. The number of rotatable bonds is 3. The number of benzene rings is 3. The van der Waals surface area contributed by atoms with Gasteiger partial charge in [-0.25, -0.2) is 4.79 Å². The number of hydrogen-bond donors (Lipinski definition) is 1. The van der Waals surface area contributed by atoms with Crippen molar-refractivity contribution in [2.24, 2.45) is 0 Å². The van der Waals surface area contributed by atoms with Crippen LogP contribution in [0.4, 0.5) is 11.4 Å². The van der Waals surface area contributed by atoms with E-state index >= 15 is 0 Å². The molecule has 0 spiro atoms. The van der Waals surface area contributed by atoms with Gasteiger partial charge in [-0.2, -0.15) is 0 Å². The number of carbonyl (C=O) groups excluding carboxylic acids is 1. The van der Waals surface area contributed by atoms with Crippen LogP contribution in [0.1, 0.15) is 10.4 Å². The maximum Gasteiger partial charge on any atom is 0.360 e. The molecule has 7 nitrogen and oxygen atoms in total. The second-order valence-electron chi connectivity index (χ2n) is 5.91. The number of carbonyl (C=O) groups is 1. The maximum atomic E-state index is 12.7. The minimum Gasteiger partial charge on any atom is -0.421 e. The Bertz CT molecular complexity index is 1270. The van der Waals surface area contributed by atoms with Crippen molar-refractivity contribution in [2.75, 3.05) is 5.32 Å². The van der Waals surface area contributed by atoms with E-state index in [9.17, 15) is 19.7 Å². The molecule has 0 fully saturated rings. The van der Waals surface area contributed by atoms with Crippen LogP contribution >= 0.6 is 0 Å². The number of anilines is 1. The van der Waals surface area contributed by atoms with Crippen LogP contribution < -0.4 is 10.9 Å². The van der Waals surface area contributed by atoms with Gasteiger partial charge < -0.3 is 9.73 Å². The summed E-state index contributed by atoms with van der Waals surface area (Å²) in [4.78, 5) is 35.2. The largest absolute Gasteiger partial charge is 0.421 e. The highest BCUT2D eigenvalue weighted by Gasteiger charge is 2.15. The van der Waals surface area contributed by atoms with E-state index in [-0.39, 0.29) is 17.0 Å². The minimum atomic E-state index is -0.732. The summed E-state index contributed by atoms with van der Waals surface area (Å²) in [6.07, 6.45) is 0. The highest BCUT2D eigenvalue weighted by molar-refractivity contribution is 6.13. The van der Waals surface area contributed by atoms with Gasteiger partial charge >= 0.3 is 5.63 Å². The molecule has 0 unspecified atom stereocenters. The summed E-state index contributed by atoms with van der Waals surface area (Å²) in [6, 6.07) is 17.9. The van der Waals surface area contributed by atoms with Crippen molar-refractivity contribution in [3.63, 3.8) is 0 Å². The molecular formula is C20H12N2O5. The number of nitrogens with one attached hydrogen (secondary N) is 1. The zero-order valence-corrected chi connectivity index (χ0v) is 13.8. The first-order valence-corrected chi connectivity index (χ1v) is 8.04. The molecule has 0 radical (unpaired) electrons. The molecule has 4 rings (SSSR count). The number of fused-ring (bicyclic) bond motifs is 2. The highest BCUT2D eigenvalue weighted by Crippen LogP contribution is 2.23. The van der Waals surface area contributed by atoms with Crippen LogP contribution in [-0.2, 0) is 0 Å². The topological polar surface area (TPSA) is 102 Å². The van der Waals surface area contributed by atoms with Crippen LogP contribution in [0.15, 0.2) is 75.9 Å². The van der Waals surface area contributed by atoms with Crippen molar-refractivity contribution in [1.82, 2.24) is 0 Å². The van der Waals surface area contributed by atoms with Crippen LogP contribution in [-0.4, -0.2) is 10.8 Å². The minimum absolute atomic E-state index is 0.0825. The Morgan fingerprint density at radius 1 is 0.963 bits per heavy atom. The van der Waals surface area contributed by atoms with Crippen LogP contribution in [0.5, 0.6) is 0 Å². The molecule has 27 heavy (non-hydrogen) atoms. The van der Waals surface area contributed by atoms with Gasteiger partial charge in [0.05, 0.1) is 4.92 Å². The Balaban J connectivity index is 1.76. The van der Waals surface area contributed by atoms with E-state index in [2.05, 4.69) is 5.32 Å². The van der Waals surface area contributed by atoms with E-state index < -0.39 is 16.5 Å². The summed E-state index contributed by atoms with van der Waals surface area (Å²) < 4.78 is 5.16. The number of nitro groups is 1. The van der Waals surface area contributed by atoms with Gasteiger partial charge in [0.2, 0.25) is 0 Å². The van der Waals surface area contributed by atoms with Crippen LogP contribution in [0.3, 0.4) is 0 Å². The molecule has 0 bridgehead atoms. The van der Waals surface area contributed by atoms with Crippen molar-refractivity contribution >= 4 is 39.0 Å². The van der Waals surface area contributed by atoms with Gasteiger partial charge in [0.1, 0.15) is 11.3 Å². The van der Waals surface area contributed by atoms with E-state index in [1.54, 1.807) is 12.1 Å². The third-order valence-corrected chi connectivity index (χ3v) is 4.21. The van der Waals surface area contributed by atoms with Gasteiger partial charge in [0.15, 0.2) is 0 Å². The number of amides is 1. The normalized spacial score (nSPS) is 10.8. The summed E-state index contributed by atoms with van der Waals surface area (Å²) in [5.74, 6) is -0.469. The Hall–Kier alpha value is -4.00. The van der Waals surface area contributed by atoms with Gasteiger partial charge in [-0.1, -0.05) is 36.4 Å². The monoisotopic (exact) mass is 360 g/mol. The number of nitro benzene ring substituents is 1. The fourth-order valence-corrected chi connectivity index (χ4v) is 2.92. The van der Waals surface area contributed by atoms with Gasteiger partial charge in [0, 0.05) is 23.1 Å². The number of hydrogen-bond acceptors (Lipinski definition) is 5. The second kappa shape index (κ2) is 6.38. The van der Waals surface area contributed by atoms with Crippen molar-refractivity contribution < 1.29 is 14.1 Å². The predicted molar refractivity (Wildman–Crippen MR) is 101 cm³/mol. The molecule has 7 heteroatoms. The van der Waals surface area contributed by atoms with Gasteiger partial charge in [-0.3, -0.25) is 14.9 Å². The zero-order chi connectivity index (χ0) is 19.0. The Morgan fingerprint density at radius 2 is 1.74 bits per heavy atom. The van der Waals surface area contributed by atoms with Crippen LogP contribution in [0.2, 0.25) is 0 Å². The molecule has 132 valence electrons. The highest BCUT2D eigenvalue weighted by atomic mass is 16.6. The molecule has 4 aromatic rings. The molecule has 0 aliphatic heterocycles. The smallest absolute Gasteiger partial charge is 0.360 e. The van der Waals surface area contributed by atoms with Crippen molar-refractivity contribution in [1.29, 1.82) is 0 Å². The summed E-state index contributed by atoms with van der Waals surface area (Å²) in [5.41, 5.74) is -0.339. The molecule has 0 aliphatic rings. The standard InChI is InChI=1S/C20H12N2O5/c23-19(16-7-3-5-12-4-1-2-6-15(12)16)21-17-11-13-10-14(22(25)26)8-9-18(13)27-20(17)24/h1-11H,(H,21,23). The molecule has 0 aliphatic carbocycles. The average molecular weight is 360 g/mol. The van der Waals surface area contributed by atoms with Gasteiger partial charge in [0.25, 0.3) is 11.6 Å². The third kappa shape index (κ3) is 3.02. The molecule has 1 heterocycles. The van der Waals surface area contributed by atoms with Gasteiger partial charge in [-0.05, 0) is 29.0 Å². The Kier molecular flexibility index (Phi) is 3.89. The molecule has 3 aromatic carbocycles. The first kappa shape index (κ1) is 16.5. The van der Waals surface area contributed by atoms with Crippen molar-refractivity contribution in [3.8, 4) is 0 Å². The van der Waals surface area contributed by atoms with Crippen molar-refractivity contribution in [3.05, 3.63) is 92.8 Å². The predicted octanol–water partition coefficient (Wildman–Crippen LogP) is 4.11. The first-order chi connectivity index (χ1) is 13.0. The number of nitrogens with zero attached hydrogens (tertiary/aromatic N) is 1. The van der Waals surface area contributed by atoms with E-state index in [1.165, 1.54) is 24.3 Å². The fraction of sp³-hybridized carbons (Fsp3) is 0. The molecule has 0 atom stereocenters. The molecule has 1 amide bonds. The third-order valence-electron chi connectivity index (χ3n) is 4.21. The lowest BCUT2D eigenvalue weighted by molar-refractivity contribution is -0.384. The summed E-state index contributed by atoms with van der Waals surface area (Å²) >= 11 is 0. The van der Waals surface area contributed by atoms with Crippen LogP contribution in [0, 0.1) is 10.1 Å². The van der Waals surface area contributed by atoms with E-state index in [0.29, 0.717) is 10.9 Å². The summed E-state index contributed by atoms with van der Waals surface area (Å²) in [6.45, 7) is 0. The Labute approximate surface area is 152 Å². The summed E-state index contributed by atoms with van der Waals surface area (Å²) in [5, 5.41) is 15.5. The molecule has 1 N–H and O–H groups in total. The molecule has 1 aromatic heterocycles. The Morgan fingerprint density at radius 3 is 2.56 bits per heavy atom.